The molecule has 1 aliphatic heterocycles. The van der Waals surface area contributed by atoms with E-state index in [1.54, 1.807) is 6.20 Å². The normalized spacial score (nSPS) is 30.7. The Kier molecular flexibility index (Phi) is 4.30. The highest BCUT2D eigenvalue weighted by Gasteiger charge is 2.35. The van der Waals surface area contributed by atoms with Crippen LogP contribution in [0, 0.1) is 5.92 Å². The van der Waals surface area contributed by atoms with Crippen LogP contribution in [0.4, 0.5) is 5.69 Å². The Labute approximate surface area is 127 Å². The van der Waals surface area contributed by atoms with Gasteiger partial charge in [-0.05, 0) is 60.1 Å². The number of rotatable bonds is 3. The molecule has 2 aliphatic rings. The molecule has 3 rings (SSSR count). The van der Waals surface area contributed by atoms with Crippen molar-refractivity contribution in [3.8, 4) is 0 Å². The molecule has 1 saturated heterocycles. The second-order valence-corrected chi connectivity index (χ2v) is 6.81. The summed E-state index contributed by atoms with van der Waals surface area (Å²) < 4.78 is 0.966. The molecule has 3 atom stereocenters. The molecule has 1 saturated carbocycles. The molecule has 0 bridgehead atoms. The summed E-state index contributed by atoms with van der Waals surface area (Å²) in [4.78, 5) is 4.18. The van der Waals surface area contributed by atoms with Crippen LogP contribution in [0.1, 0.15) is 32.1 Å². The van der Waals surface area contributed by atoms with Gasteiger partial charge in [0.15, 0.2) is 5.15 Å². The first-order valence-electron chi connectivity index (χ1n) is 7.05. The summed E-state index contributed by atoms with van der Waals surface area (Å²) in [5.41, 5.74) is 0.950. The maximum Gasteiger partial charge on any atom is 0.152 e. The Balaban J connectivity index is 1.72. The van der Waals surface area contributed by atoms with Crippen LogP contribution in [0.2, 0.25) is 5.15 Å². The van der Waals surface area contributed by atoms with E-state index in [1.807, 2.05) is 6.07 Å². The summed E-state index contributed by atoms with van der Waals surface area (Å²) in [6.07, 6.45) is 8.21. The lowest BCUT2D eigenvalue weighted by Gasteiger charge is -2.27. The van der Waals surface area contributed by atoms with Crippen LogP contribution in [0.15, 0.2) is 16.7 Å². The molecule has 0 spiro atoms. The molecule has 3 unspecified atom stereocenters. The van der Waals surface area contributed by atoms with Gasteiger partial charge in [0.1, 0.15) is 0 Å². The highest BCUT2D eigenvalue weighted by molar-refractivity contribution is 9.10. The van der Waals surface area contributed by atoms with Crippen LogP contribution in [0.3, 0.4) is 0 Å². The third-order valence-corrected chi connectivity index (χ3v) is 5.07. The largest absolute Gasteiger partial charge is 0.379 e. The molecule has 0 radical (unpaired) electrons. The molecule has 1 aromatic heterocycles. The van der Waals surface area contributed by atoms with Gasteiger partial charge in [0, 0.05) is 22.8 Å². The average molecular weight is 345 g/mol. The number of anilines is 1. The fraction of sp³-hybridized carbons (Fsp3) is 0.643. The Morgan fingerprint density at radius 1 is 1.32 bits per heavy atom. The Hall–Kier alpha value is -0.320. The first kappa shape index (κ1) is 13.7. The average Bonchev–Trinajstić information content (AvgIpc) is 3.03. The molecule has 2 heterocycles. The van der Waals surface area contributed by atoms with Gasteiger partial charge < -0.3 is 10.6 Å². The van der Waals surface area contributed by atoms with Crippen molar-refractivity contribution >= 4 is 33.2 Å². The van der Waals surface area contributed by atoms with Gasteiger partial charge in [0.25, 0.3) is 0 Å². The fourth-order valence-electron chi connectivity index (χ4n) is 3.45. The summed E-state index contributed by atoms with van der Waals surface area (Å²) in [5, 5.41) is 7.82. The Bertz CT molecular complexity index is 448. The van der Waals surface area contributed by atoms with Crippen LogP contribution in [-0.2, 0) is 0 Å². The Morgan fingerprint density at radius 3 is 3.00 bits per heavy atom. The molecule has 3 nitrogen and oxygen atoms in total. The minimum absolute atomic E-state index is 0.518. The van der Waals surface area contributed by atoms with Crippen LogP contribution in [-0.4, -0.2) is 23.6 Å². The number of halogens is 2. The van der Waals surface area contributed by atoms with E-state index in [0.29, 0.717) is 17.2 Å². The van der Waals surface area contributed by atoms with Crippen molar-refractivity contribution in [3.05, 3.63) is 21.9 Å². The molecule has 2 N–H and O–H groups in total. The van der Waals surface area contributed by atoms with Crippen molar-refractivity contribution in [2.24, 2.45) is 5.92 Å². The second-order valence-electron chi connectivity index (χ2n) is 5.54. The maximum absolute atomic E-state index is 6.17. The zero-order valence-electron chi connectivity index (χ0n) is 10.8. The van der Waals surface area contributed by atoms with Gasteiger partial charge in [-0.25, -0.2) is 4.98 Å². The summed E-state index contributed by atoms with van der Waals surface area (Å²) in [6.45, 7) is 1.17. The molecule has 104 valence electrons. The van der Waals surface area contributed by atoms with E-state index in [1.165, 1.54) is 38.6 Å². The first-order chi connectivity index (χ1) is 9.24. The predicted molar refractivity (Wildman–Crippen MR) is 82.7 cm³/mol. The lowest BCUT2D eigenvalue weighted by atomic mass is 9.93. The van der Waals surface area contributed by atoms with Crippen LogP contribution >= 0.6 is 27.5 Å². The number of hydrogen-bond donors (Lipinski definition) is 2. The monoisotopic (exact) mass is 343 g/mol. The zero-order chi connectivity index (χ0) is 13.2. The third-order valence-electron chi connectivity index (χ3n) is 4.33. The van der Waals surface area contributed by atoms with E-state index in [4.69, 9.17) is 11.6 Å². The zero-order valence-corrected chi connectivity index (χ0v) is 13.2. The molecule has 2 fully saturated rings. The molecule has 0 aromatic carbocycles. The van der Waals surface area contributed by atoms with Crippen LogP contribution < -0.4 is 10.6 Å². The molecule has 0 amide bonds. The second kappa shape index (κ2) is 5.98. The summed E-state index contributed by atoms with van der Waals surface area (Å²) in [7, 11) is 0. The quantitative estimate of drug-likeness (QED) is 0.818. The van der Waals surface area contributed by atoms with E-state index >= 15 is 0 Å². The van der Waals surface area contributed by atoms with E-state index in [-0.39, 0.29) is 0 Å². The lowest BCUT2D eigenvalue weighted by Crippen LogP contribution is -2.38. The predicted octanol–water partition coefficient (Wildman–Crippen LogP) is 3.83. The molecule has 19 heavy (non-hydrogen) atoms. The molecule has 1 aromatic rings. The minimum atomic E-state index is 0.518. The standard InChI is InChI=1S/C14H19BrClN3/c15-9-7-13(14(16)18-8-9)19-12-4-1-3-10(12)11-5-2-6-17-11/h7-8,10-12,17,19H,1-6H2. The number of nitrogens with zero attached hydrogens (tertiary/aromatic N) is 1. The molecular weight excluding hydrogens is 326 g/mol. The van der Waals surface area contributed by atoms with Crippen molar-refractivity contribution in [2.75, 3.05) is 11.9 Å². The van der Waals surface area contributed by atoms with Gasteiger partial charge in [0.05, 0.1) is 5.69 Å². The third kappa shape index (κ3) is 3.06. The highest BCUT2D eigenvalue weighted by Crippen LogP contribution is 2.35. The fourth-order valence-corrected chi connectivity index (χ4v) is 3.94. The number of nitrogens with one attached hydrogen (secondary N) is 2. The van der Waals surface area contributed by atoms with E-state index < -0.39 is 0 Å². The first-order valence-corrected chi connectivity index (χ1v) is 8.22. The van der Waals surface area contributed by atoms with Gasteiger partial charge in [-0.2, -0.15) is 0 Å². The van der Waals surface area contributed by atoms with Crippen LogP contribution in [0.25, 0.3) is 0 Å². The summed E-state index contributed by atoms with van der Waals surface area (Å²) >= 11 is 9.63. The smallest absolute Gasteiger partial charge is 0.152 e. The lowest BCUT2D eigenvalue weighted by molar-refractivity contribution is 0.376. The van der Waals surface area contributed by atoms with Crippen molar-refractivity contribution in [2.45, 2.75) is 44.2 Å². The SMILES string of the molecule is Clc1ncc(Br)cc1NC1CCCC1C1CCCN1. The van der Waals surface area contributed by atoms with Crippen molar-refractivity contribution < 1.29 is 0 Å². The molecule has 1 aliphatic carbocycles. The highest BCUT2D eigenvalue weighted by atomic mass is 79.9. The van der Waals surface area contributed by atoms with E-state index in [9.17, 15) is 0 Å². The minimum Gasteiger partial charge on any atom is -0.379 e. The van der Waals surface area contributed by atoms with Crippen molar-refractivity contribution in [3.63, 3.8) is 0 Å². The number of hydrogen-bond acceptors (Lipinski definition) is 3. The van der Waals surface area contributed by atoms with E-state index in [2.05, 4.69) is 31.5 Å². The topological polar surface area (TPSA) is 37.0 Å². The Morgan fingerprint density at radius 2 is 2.21 bits per heavy atom. The summed E-state index contributed by atoms with van der Waals surface area (Å²) in [5.74, 6) is 0.720. The number of aromatic nitrogens is 1. The van der Waals surface area contributed by atoms with Crippen LogP contribution in [0.5, 0.6) is 0 Å². The molecular formula is C14H19BrClN3. The van der Waals surface area contributed by atoms with E-state index in [0.717, 1.165) is 16.1 Å². The van der Waals surface area contributed by atoms with Crippen molar-refractivity contribution in [1.29, 1.82) is 0 Å². The summed E-state index contributed by atoms with van der Waals surface area (Å²) in [6, 6.07) is 3.22. The number of pyridine rings is 1. The maximum atomic E-state index is 6.17. The van der Waals surface area contributed by atoms with Crippen molar-refractivity contribution in [1.82, 2.24) is 10.3 Å². The van der Waals surface area contributed by atoms with Gasteiger partial charge >= 0.3 is 0 Å². The van der Waals surface area contributed by atoms with Gasteiger partial charge in [0.2, 0.25) is 0 Å². The van der Waals surface area contributed by atoms with Gasteiger partial charge in [-0.1, -0.05) is 18.0 Å². The van der Waals surface area contributed by atoms with Gasteiger partial charge in [-0.15, -0.1) is 0 Å². The molecule has 5 heteroatoms. The van der Waals surface area contributed by atoms with Gasteiger partial charge in [-0.3, -0.25) is 0 Å².